The van der Waals surface area contributed by atoms with Crippen LogP contribution in [0.15, 0.2) is 35.1 Å². The Bertz CT molecular complexity index is 690. The first-order valence-corrected chi connectivity index (χ1v) is 8.06. The summed E-state index contributed by atoms with van der Waals surface area (Å²) in [6, 6.07) is 4.12. The van der Waals surface area contributed by atoms with E-state index in [9.17, 15) is 0 Å². The van der Waals surface area contributed by atoms with Gasteiger partial charge in [-0.25, -0.2) is 4.98 Å². The fourth-order valence-corrected chi connectivity index (χ4v) is 2.77. The van der Waals surface area contributed by atoms with Crippen molar-refractivity contribution in [2.24, 2.45) is 10.9 Å². The normalized spacial score (nSPS) is 16.2. The molecule has 0 unspecified atom stereocenters. The van der Waals surface area contributed by atoms with Gasteiger partial charge in [0.2, 0.25) is 0 Å². The summed E-state index contributed by atoms with van der Waals surface area (Å²) in [5, 5.41) is 0. The number of imidazole rings is 1. The number of nitrogens with two attached hydrogens (primary N) is 1. The lowest BCUT2D eigenvalue weighted by molar-refractivity contribution is 0.379. The van der Waals surface area contributed by atoms with Gasteiger partial charge in [0.25, 0.3) is 0 Å². The predicted octanol–water partition coefficient (Wildman–Crippen LogP) is 4.22. The lowest BCUT2D eigenvalue weighted by Crippen LogP contribution is -2.16. The molecule has 0 aromatic carbocycles. The molecule has 0 aliphatic heterocycles. The molecular weight excluding hydrogens is 272 g/mol. The molecule has 0 spiro atoms. The maximum Gasteiger partial charge on any atom is 0.142 e. The largest absolute Gasteiger partial charge is 0.382 e. The van der Waals surface area contributed by atoms with Crippen molar-refractivity contribution in [1.82, 2.24) is 9.38 Å². The zero-order valence-electron chi connectivity index (χ0n) is 14.0. The van der Waals surface area contributed by atoms with Crippen LogP contribution in [0.1, 0.15) is 45.6 Å². The van der Waals surface area contributed by atoms with Crippen LogP contribution in [0.2, 0.25) is 0 Å². The average molecular weight is 298 g/mol. The molecule has 1 fully saturated rings. The van der Waals surface area contributed by atoms with Crippen LogP contribution in [0.4, 0.5) is 5.82 Å². The van der Waals surface area contributed by atoms with Crippen molar-refractivity contribution in [1.29, 1.82) is 0 Å². The van der Waals surface area contributed by atoms with Crippen molar-refractivity contribution in [3.05, 3.63) is 35.7 Å². The number of fused-ring (bicyclic) bond motifs is 1. The van der Waals surface area contributed by atoms with E-state index >= 15 is 0 Å². The van der Waals surface area contributed by atoms with E-state index < -0.39 is 0 Å². The monoisotopic (exact) mass is 298 g/mol. The van der Waals surface area contributed by atoms with Crippen LogP contribution >= 0.6 is 0 Å². The lowest BCUT2D eigenvalue weighted by Gasteiger charge is -2.28. The third-order valence-corrected chi connectivity index (χ3v) is 4.15. The fourth-order valence-electron chi connectivity index (χ4n) is 2.77. The number of pyridine rings is 1. The van der Waals surface area contributed by atoms with E-state index in [0.717, 1.165) is 5.65 Å². The highest BCUT2D eigenvalue weighted by molar-refractivity contribution is 5.91. The maximum atomic E-state index is 5.74. The molecule has 1 aliphatic rings. The number of hydrogen-bond donors (Lipinski definition) is 1. The van der Waals surface area contributed by atoms with E-state index in [2.05, 4.69) is 29.2 Å². The van der Waals surface area contributed by atoms with Gasteiger partial charge in [-0.15, -0.1) is 0 Å². The molecule has 0 radical (unpaired) electrons. The smallest absolute Gasteiger partial charge is 0.142 e. The third-order valence-electron chi connectivity index (χ3n) is 4.15. The number of nitrogen functional groups attached to an aromatic ring is 1. The van der Waals surface area contributed by atoms with Crippen LogP contribution in [-0.2, 0) is 0 Å². The fraction of sp³-hybridized carbons (Fsp3) is 0.444. The molecule has 0 atom stereocenters. The van der Waals surface area contributed by atoms with E-state index in [4.69, 9.17) is 5.73 Å². The Balaban J connectivity index is 0.000000847. The molecule has 0 saturated heterocycles. The summed E-state index contributed by atoms with van der Waals surface area (Å²) in [7, 11) is 1.84. The molecule has 4 nitrogen and oxygen atoms in total. The third kappa shape index (κ3) is 3.21. The number of hydrogen-bond acceptors (Lipinski definition) is 3. The number of anilines is 1. The van der Waals surface area contributed by atoms with Crippen LogP contribution in [0.5, 0.6) is 0 Å². The first kappa shape index (κ1) is 16.3. The first-order valence-electron chi connectivity index (χ1n) is 8.06. The Morgan fingerprint density at radius 1 is 1.32 bits per heavy atom. The van der Waals surface area contributed by atoms with Gasteiger partial charge in [0.15, 0.2) is 0 Å². The molecule has 2 aromatic rings. The molecule has 22 heavy (non-hydrogen) atoms. The summed E-state index contributed by atoms with van der Waals surface area (Å²) in [5.41, 5.74) is 10.5. The van der Waals surface area contributed by atoms with E-state index in [1.165, 1.54) is 36.0 Å². The minimum atomic E-state index is 0.554. The van der Waals surface area contributed by atoms with Gasteiger partial charge >= 0.3 is 0 Å². The second-order valence-electron chi connectivity index (χ2n) is 5.44. The number of allylic oxidation sites excluding steroid dienone is 2. The minimum absolute atomic E-state index is 0.554. The van der Waals surface area contributed by atoms with Gasteiger partial charge in [-0.1, -0.05) is 20.3 Å². The Hall–Kier alpha value is -2.10. The highest BCUT2D eigenvalue weighted by Gasteiger charge is 2.22. The van der Waals surface area contributed by atoms with Gasteiger partial charge in [-0.2, -0.15) is 0 Å². The number of rotatable bonds is 3. The molecule has 0 bridgehead atoms. The quantitative estimate of drug-likeness (QED) is 0.863. The molecule has 118 valence electrons. The van der Waals surface area contributed by atoms with E-state index in [0.29, 0.717) is 11.7 Å². The van der Waals surface area contributed by atoms with E-state index in [-0.39, 0.29) is 0 Å². The van der Waals surface area contributed by atoms with E-state index in [1.807, 2.05) is 43.8 Å². The molecular formula is C18H26N4. The highest BCUT2D eigenvalue weighted by atomic mass is 15.0. The summed E-state index contributed by atoms with van der Waals surface area (Å²) in [4.78, 5) is 8.49. The molecule has 3 rings (SSSR count). The summed E-state index contributed by atoms with van der Waals surface area (Å²) in [5.74, 6) is 1.22. The average Bonchev–Trinajstić information content (AvgIpc) is 2.85. The summed E-state index contributed by atoms with van der Waals surface area (Å²) < 4.78 is 1.98. The minimum Gasteiger partial charge on any atom is -0.382 e. The van der Waals surface area contributed by atoms with Crippen LogP contribution in [-0.4, -0.2) is 22.6 Å². The van der Waals surface area contributed by atoms with Crippen molar-refractivity contribution < 1.29 is 0 Å². The van der Waals surface area contributed by atoms with Gasteiger partial charge in [0.1, 0.15) is 11.5 Å². The zero-order chi connectivity index (χ0) is 16.1. The van der Waals surface area contributed by atoms with Gasteiger partial charge in [-0.3, -0.25) is 4.99 Å². The van der Waals surface area contributed by atoms with Crippen LogP contribution in [0.3, 0.4) is 0 Å². The van der Waals surface area contributed by atoms with Crippen molar-refractivity contribution in [2.45, 2.75) is 40.0 Å². The molecule has 2 aromatic heterocycles. The Morgan fingerprint density at radius 2 is 2.05 bits per heavy atom. The van der Waals surface area contributed by atoms with Crippen molar-refractivity contribution >= 4 is 23.3 Å². The Labute approximate surface area is 132 Å². The van der Waals surface area contributed by atoms with Gasteiger partial charge < -0.3 is 10.1 Å². The van der Waals surface area contributed by atoms with E-state index in [1.54, 1.807) is 0 Å². The second-order valence-corrected chi connectivity index (χ2v) is 5.44. The van der Waals surface area contributed by atoms with Crippen LogP contribution in [0.25, 0.3) is 11.2 Å². The summed E-state index contributed by atoms with van der Waals surface area (Å²) in [6.45, 7) is 6.18. The van der Waals surface area contributed by atoms with Gasteiger partial charge in [0.05, 0.1) is 6.20 Å². The maximum absolute atomic E-state index is 5.74. The second kappa shape index (κ2) is 7.25. The van der Waals surface area contributed by atoms with Crippen LogP contribution < -0.4 is 5.73 Å². The zero-order valence-corrected chi connectivity index (χ0v) is 14.0. The molecule has 4 heteroatoms. The number of aromatic nitrogens is 2. The lowest BCUT2D eigenvalue weighted by atomic mass is 9.77. The molecule has 2 heterocycles. The summed E-state index contributed by atoms with van der Waals surface area (Å²) >= 11 is 0. The topological polar surface area (TPSA) is 55.7 Å². The van der Waals surface area contributed by atoms with Gasteiger partial charge in [-0.05, 0) is 54.5 Å². The predicted molar refractivity (Wildman–Crippen MR) is 95.3 cm³/mol. The molecule has 0 amide bonds. The molecule has 2 N–H and O–H groups in total. The first-order chi connectivity index (χ1) is 10.7. The van der Waals surface area contributed by atoms with Crippen LogP contribution in [0, 0.1) is 5.92 Å². The Morgan fingerprint density at radius 3 is 2.64 bits per heavy atom. The standard InChI is InChI=1S/C16H20N4.C2H6/c1-11(14(8-18-2)12-4-3-5-12)13-6-7-16-19-15(17)10-20(16)9-13;1-2/h6-10,12H,3-5,17H2,1-2H3;1-2H3/b14-11-,18-8?;. The number of nitrogens with zero attached hydrogens (tertiary/aromatic N) is 3. The highest BCUT2D eigenvalue weighted by Crippen LogP contribution is 2.36. The Kier molecular flexibility index (Phi) is 5.36. The number of aliphatic imine (C=N–C) groups is 1. The van der Waals surface area contributed by atoms with Gasteiger partial charge in [0, 0.05) is 19.5 Å². The van der Waals surface area contributed by atoms with Crippen molar-refractivity contribution in [3.8, 4) is 0 Å². The SMILES string of the molecule is CC.CN=C/C(=C(\C)c1ccc2nc(N)cn2c1)C1CCC1. The van der Waals surface area contributed by atoms with Crippen molar-refractivity contribution in [3.63, 3.8) is 0 Å². The molecule has 1 aliphatic carbocycles. The summed E-state index contributed by atoms with van der Waals surface area (Å²) in [6.07, 6.45) is 9.85. The molecule has 1 saturated carbocycles. The van der Waals surface area contributed by atoms with Crippen molar-refractivity contribution in [2.75, 3.05) is 12.8 Å².